The first-order valence-corrected chi connectivity index (χ1v) is 10.5. The van der Waals surface area contributed by atoms with E-state index in [1.165, 1.54) is 63.6 Å². The van der Waals surface area contributed by atoms with Crippen LogP contribution >= 0.6 is 0 Å². The molecule has 1 aliphatic carbocycles. The number of aromatic nitrogens is 2. The summed E-state index contributed by atoms with van der Waals surface area (Å²) in [7, 11) is 0. The molecule has 4 nitrogen and oxygen atoms in total. The minimum absolute atomic E-state index is 0.639. The standard InChI is InChI=1S/C16H27N3.C3H6O.C2H6/c1-2-14-12-17-19(13-14)16-8-10-18(11-9-16)15-6-4-3-5-7-15;1-2-3-4;1-2/h12-13,15-16H,2-11H2,1H3;3H,2H2,1H3;1-2H3. The molecule has 1 aromatic rings. The highest BCUT2D eigenvalue weighted by Gasteiger charge is 2.27. The first-order valence-electron chi connectivity index (χ1n) is 10.5. The van der Waals surface area contributed by atoms with Crippen LogP contribution < -0.4 is 0 Å². The summed E-state index contributed by atoms with van der Waals surface area (Å²) in [5.74, 6) is 0. The summed E-state index contributed by atoms with van der Waals surface area (Å²) in [5, 5.41) is 4.55. The topological polar surface area (TPSA) is 38.1 Å². The molecule has 1 aliphatic heterocycles. The van der Waals surface area contributed by atoms with Gasteiger partial charge < -0.3 is 9.69 Å². The maximum absolute atomic E-state index is 9.17. The van der Waals surface area contributed by atoms with Crippen LogP contribution in [0, 0.1) is 0 Å². The van der Waals surface area contributed by atoms with E-state index in [1.807, 2.05) is 27.0 Å². The van der Waals surface area contributed by atoms with Gasteiger partial charge in [0.2, 0.25) is 0 Å². The van der Waals surface area contributed by atoms with Crippen LogP contribution in [0.3, 0.4) is 0 Å². The van der Waals surface area contributed by atoms with Crippen molar-refractivity contribution < 1.29 is 4.79 Å². The van der Waals surface area contributed by atoms with Crippen LogP contribution in [-0.4, -0.2) is 40.1 Å². The third-order valence-electron chi connectivity index (χ3n) is 5.19. The van der Waals surface area contributed by atoms with E-state index in [0.717, 1.165) is 18.7 Å². The lowest BCUT2D eigenvalue weighted by atomic mass is 9.92. The van der Waals surface area contributed by atoms with Gasteiger partial charge >= 0.3 is 0 Å². The maximum atomic E-state index is 9.17. The summed E-state index contributed by atoms with van der Waals surface area (Å²) in [4.78, 5) is 11.9. The number of piperidine rings is 1. The molecule has 0 aromatic carbocycles. The summed E-state index contributed by atoms with van der Waals surface area (Å²) >= 11 is 0. The molecule has 0 amide bonds. The lowest BCUT2D eigenvalue weighted by molar-refractivity contribution is -0.107. The maximum Gasteiger partial charge on any atom is 0.119 e. The minimum Gasteiger partial charge on any atom is -0.303 e. The van der Waals surface area contributed by atoms with Gasteiger partial charge in [-0.15, -0.1) is 0 Å². The van der Waals surface area contributed by atoms with Crippen LogP contribution in [0.5, 0.6) is 0 Å². The Morgan fingerprint density at radius 3 is 2.12 bits per heavy atom. The molecule has 0 unspecified atom stereocenters. The number of likely N-dealkylation sites (tertiary alicyclic amines) is 1. The molecule has 1 aromatic heterocycles. The molecule has 0 spiro atoms. The SMILES string of the molecule is CC.CCC=O.CCc1cnn(C2CCN(C3CCCCC3)CC2)c1. The van der Waals surface area contributed by atoms with Crippen molar-refractivity contribution in [3.8, 4) is 0 Å². The Kier molecular flexibility index (Phi) is 11.5. The lowest BCUT2D eigenvalue weighted by Gasteiger charge is -2.39. The van der Waals surface area contributed by atoms with Crippen LogP contribution in [-0.2, 0) is 11.2 Å². The fraction of sp³-hybridized carbons (Fsp3) is 0.810. The third-order valence-corrected chi connectivity index (χ3v) is 5.19. The molecule has 2 heterocycles. The number of carbonyl (C=O) groups excluding carboxylic acids is 1. The van der Waals surface area contributed by atoms with E-state index in [2.05, 4.69) is 27.8 Å². The molecule has 144 valence electrons. The van der Waals surface area contributed by atoms with Crippen molar-refractivity contribution in [3.05, 3.63) is 18.0 Å². The van der Waals surface area contributed by atoms with Gasteiger partial charge in [0.15, 0.2) is 0 Å². The van der Waals surface area contributed by atoms with E-state index >= 15 is 0 Å². The molecule has 0 N–H and O–H groups in total. The highest BCUT2D eigenvalue weighted by molar-refractivity contribution is 5.48. The zero-order chi connectivity index (χ0) is 18.5. The second kappa shape index (κ2) is 13.1. The number of aryl methyl sites for hydroxylation is 1. The fourth-order valence-corrected chi connectivity index (χ4v) is 3.72. The number of hydrogen-bond donors (Lipinski definition) is 0. The number of hydrogen-bond acceptors (Lipinski definition) is 3. The predicted octanol–water partition coefficient (Wildman–Crippen LogP) is 5.04. The van der Waals surface area contributed by atoms with Gasteiger partial charge in [0.25, 0.3) is 0 Å². The average molecular weight is 350 g/mol. The molecule has 25 heavy (non-hydrogen) atoms. The van der Waals surface area contributed by atoms with Gasteiger partial charge in [-0.3, -0.25) is 4.68 Å². The predicted molar refractivity (Wildman–Crippen MR) is 106 cm³/mol. The van der Waals surface area contributed by atoms with Crippen molar-refractivity contribution in [3.63, 3.8) is 0 Å². The van der Waals surface area contributed by atoms with Gasteiger partial charge in [0.1, 0.15) is 6.29 Å². The Bertz CT molecular complexity index is 444. The molecule has 0 bridgehead atoms. The first kappa shape index (κ1) is 21.9. The van der Waals surface area contributed by atoms with E-state index in [9.17, 15) is 4.79 Å². The first-order chi connectivity index (χ1) is 12.3. The molecular formula is C21H39N3O. The van der Waals surface area contributed by atoms with Crippen LogP contribution in [0.15, 0.2) is 12.4 Å². The van der Waals surface area contributed by atoms with Crippen molar-refractivity contribution >= 4 is 6.29 Å². The number of rotatable bonds is 4. The molecule has 4 heteroatoms. The lowest BCUT2D eigenvalue weighted by Crippen LogP contribution is -2.42. The van der Waals surface area contributed by atoms with Gasteiger partial charge in [-0.1, -0.05) is 47.0 Å². The second-order valence-electron chi connectivity index (χ2n) is 6.82. The summed E-state index contributed by atoms with van der Waals surface area (Å²) in [6.07, 6.45) is 16.7. The van der Waals surface area contributed by atoms with Crippen LogP contribution in [0.1, 0.15) is 90.7 Å². The van der Waals surface area contributed by atoms with Gasteiger partial charge in [-0.2, -0.15) is 5.10 Å². The highest BCUT2D eigenvalue weighted by atomic mass is 16.1. The van der Waals surface area contributed by atoms with Crippen molar-refractivity contribution in [2.24, 2.45) is 0 Å². The Labute approximate surface area is 155 Å². The Morgan fingerprint density at radius 2 is 1.64 bits per heavy atom. The quantitative estimate of drug-likeness (QED) is 0.715. The second-order valence-corrected chi connectivity index (χ2v) is 6.82. The van der Waals surface area contributed by atoms with Crippen molar-refractivity contribution in [2.45, 2.75) is 97.6 Å². The van der Waals surface area contributed by atoms with Gasteiger partial charge in [0.05, 0.1) is 12.2 Å². The molecule has 0 atom stereocenters. The van der Waals surface area contributed by atoms with E-state index < -0.39 is 0 Å². The van der Waals surface area contributed by atoms with Crippen LogP contribution in [0.2, 0.25) is 0 Å². The molecule has 0 radical (unpaired) electrons. The zero-order valence-electron chi connectivity index (χ0n) is 16.9. The number of nitrogens with zero attached hydrogens (tertiary/aromatic N) is 3. The summed E-state index contributed by atoms with van der Waals surface area (Å²) in [6.45, 7) is 10.6. The molecule has 1 saturated heterocycles. The van der Waals surface area contributed by atoms with E-state index in [-0.39, 0.29) is 0 Å². The van der Waals surface area contributed by atoms with Crippen molar-refractivity contribution in [1.82, 2.24) is 14.7 Å². The number of carbonyl (C=O) groups is 1. The number of aldehydes is 1. The minimum atomic E-state index is 0.639. The molecule has 2 aliphatic rings. The summed E-state index contributed by atoms with van der Waals surface area (Å²) in [6, 6.07) is 1.53. The Morgan fingerprint density at radius 1 is 1.04 bits per heavy atom. The Balaban J connectivity index is 0.000000461. The van der Waals surface area contributed by atoms with E-state index in [0.29, 0.717) is 12.5 Å². The Hall–Kier alpha value is -1.16. The van der Waals surface area contributed by atoms with Crippen LogP contribution in [0.4, 0.5) is 0 Å². The summed E-state index contributed by atoms with van der Waals surface area (Å²) < 4.78 is 2.22. The molecule has 3 rings (SSSR count). The van der Waals surface area contributed by atoms with Gasteiger partial charge in [-0.25, -0.2) is 0 Å². The third kappa shape index (κ3) is 7.31. The van der Waals surface area contributed by atoms with E-state index in [4.69, 9.17) is 0 Å². The summed E-state index contributed by atoms with van der Waals surface area (Å²) in [5.41, 5.74) is 1.37. The smallest absolute Gasteiger partial charge is 0.119 e. The largest absolute Gasteiger partial charge is 0.303 e. The van der Waals surface area contributed by atoms with Gasteiger partial charge in [0, 0.05) is 31.7 Å². The fourth-order valence-electron chi connectivity index (χ4n) is 3.72. The normalized spacial score (nSPS) is 19.4. The molecular weight excluding hydrogens is 310 g/mol. The van der Waals surface area contributed by atoms with Crippen molar-refractivity contribution in [1.29, 1.82) is 0 Å². The van der Waals surface area contributed by atoms with Crippen LogP contribution in [0.25, 0.3) is 0 Å². The van der Waals surface area contributed by atoms with Crippen molar-refractivity contribution in [2.75, 3.05) is 13.1 Å². The van der Waals surface area contributed by atoms with Gasteiger partial charge in [-0.05, 0) is 37.7 Å². The molecule has 2 fully saturated rings. The average Bonchev–Trinajstić information content (AvgIpc) is 3.20. The zero-order valence-corrected chi connectivity index (χ0v) is 16.9. The molecule has 1 saturated carbocycles. The highest BCUT2D eigenvalue weighted by Crippen LogP contribution is 2.28. The van der Waals surface area contributed by atoms with E-state index in [1.54, 1.807) is 0 Å². The monoisotopic (exact) mass is 349 g/mol.